The normalized spacial score (nSPS) is 15.4. The number of thioether (sulfide) groups is 1. The van der Waals surface area contributed by atoms with E-state index in [1.807, 2.05) is 0 Å². The van der Waals surface area contributed by atoms with Crippen LogP contribution in [-0.4, -0.2) is 31.1 Å². The highest BCUT2D eigenvalue weighted by molar-refractivity contribution is 8.13. The van der Waals surface area contributed by atoms with Crippen LogP contribution in [0.25, 0.3) is 0 Å². The van der Waals surface area contributed by atoms with Crippen LogP contribution in [0.5, 0.6) is 0 Å². The van der Waals surface area contributed by atoms with Crippen molar-refractivity contribution in [2.45, 2.75) is 6.42 Å². The van der Waals surface area contributed by atoms with E-state index in [1.54, 1.807) is 11.8 Å². The Hall–Kier alpha value is -1.00. The second kappa shape index (κ2) is 5.37. The molecule has 16 heavy (non-hydrogen) atoms. The molecule has 0 atom stereocenters. The molecular weight excluding hydrogens is 218 g/mol. The maximum Gasteiger partial charge on any atom is 0.163 e. The number of hydrogen-bond acceptors (Lipinski definition) is 4. The van der Waals surface area contributed by atoms with E-state index in [0.29, 0.717) is 6.54 Å². The number of amidine groups is 1. The van der Waals surface area contributed by atoms with E-state index in [-0.39, 0.29) is 0 Å². The van der Waals surface area contributed by atoms with Gasteiger partial charge in [-0.15, -0.1) is 0 Å². The van der Waals surface area contributed by atoms with Crippen LogP contribution in [0, 0.1) is 0 Å². The quantitative estimate of drug-likeness (QED) is 0.867. The van der Waals surface area contributed by atoms with Crippen molar-refractivity contribution in [3.8, 4) is 0 Å². The maximum atomic E-state index is 5.58. The van der Waals surface area contributed by atoms with Crippen molar-refractivity contribution in [3.05, 3.63) is 29.8 Å². The van der Waals surface area contributed by atoms with Crippen molar-refractivity contribution in [2.75, 3.05) is 30.8 Å². The second-order valence-electron chi connectivity index (χ2n) is 3.73. The van der Waals surface area contributed by atoms with E-state index in [1.165, 1.54) is 11.3 Å². The highest BCUT2D eigenvalue weighted by Crippen LogP contribution is 2.22. The Balaban J connectivity index is 2.20. The van der Waals surface area contributed by atoms with Crippen molar-refractivity contribution in [1.82, 2.24) is 0 Å². The zero-order valence-corrected chi connectivity index (χ0v) is 10.3. The molecule has 4 heteroatoms. The van der Waals surface area contributed by atoms with Gasteiger partial charge < -0.3 is 10.6 Å². The van der Waals surface area contributed by atoms with Gasteiger partial charge in [-0.2, -0.15) is 0 Å². The minimum absolute atomic E-state index is 0.701. The topological polar surface area (TPSA) is 41.6 Å². The number of rotatable bonds is 3. The number of benzene rings is 1. The van der Waals surface area contributed by atoms with E-state index < -0.39 is 0 Å². The lowest BCUT2D eigenvalue weighted by molar-refractivity contribution is 0.964. The highest BCUT2D eigenvalue weighted by atomic mass is 32.2. The van der Waals surface area contributed by atoms with Gasteiger partial charge in [-0.1, -0.05) is 23.9 Å². The molecule has 1 aromatic carbocycles. The number of hydrogen-bond donors (Lipinski definition) is 1. The third-order valence-electron chi connectivity index (χ3n) is 2.64. The molecule has 0 saturated carbocycles. The lowest BCUT2D eigenvalue weighted by Crippen LogP contribution is -2.24. The lowest BCUT2D eigenvalue weighted by Gasteiger charge is -2.19. The summed E-state index contributed by atoms with van der Waals surface area (Å²) in [4.78, 5) is 6.74. The van der Waals surface area contributed by atoms with Crippen LogP contribution in [0.3, 0.4) is 0 Å². The molecule has 1 aliphatic heterocycles. The summed E-state index contributed by atoms with van der Waals surface area (Å²) in [5.41, 5.74) is 8.11. The molecule has 1 aliphatic rings. The van der Waals surface area contributed by atoms with Crippen LogP contribution >= 0.6 is 11.8 Å². The van der Waals surface area contributed by atoms with E-state index in [0.717, 1.165) is 24.7 Å². The molecule has 86 valence electrons. The first-order chi connectivity index (χ1) is 7.85. The van der Waals surface area contributed by atoms with Gasteiger partial charge in [0.2, 0.25) is 0 Å². The first kappa shape index (κ1) is 11.5. The Morgan fingerprint density at radius 1 is 1.50 bits per heavy atom. The van der Waals surface area contributed by atoms with Crippen LogP contribution < -0.4 is 10.6 Å². The molecule has 1 heterocycles. The number of nitrogens with zero attached hydrogens (tertiary/aromatic N) is 2. The monoisotopic (exact) mass is 235 g/mol. The van der Waals surface area contributed by atoms with Gasteiger partial charge >= 0.3 is 0 Å². The van der Waals surface area contributed by atoms with Gasteiger partial charge in [0.25, 0.3) is 0 Å². The lowest BCUT2D eigenvalue weighted by atomic mass is 10.1. The summed E-state index contributed by atoms with van der Waals surface area (Å²) >= 11 is 1.71. The third-order valence-corrected chi connectivity index (χ3v) is 3.35. The zero-order chi connectivity index (χ0) is 11.4. The van der Waals surface area contributed by atoms with Crippen molar-refractivity contribution in [2.24, 2.45) is 10.7 Å². The molecule has 0 amide bonds. The third kappa shape index (κ3) is 2.39. The predicted octanol–water partition coefficient (Wildman–Crippen LogP) is 1.73. The molecule has 0 unspecified atom stereocenters. The van der Waals surface area contributed by atoms with Crippen LogP contribution in [-0.2, 0) is 6.42 Å². The van der Waals surface area contributed by atoms with Crippen LogP contribution in [0.4, 0.5) is 5.69 Å². The molecule has 2 N–H and O–H groups in total. The summed E-state index contributed by atoms with van der Waals surface area (Å²) in [5, 5.41) is 1.12. The van der Waals surface area contributed by atoms with Gasteiger partial charge in [-0.25, -0.2) is 0 Å². The van der Waals surface area contributed by atoms with E-state index >= 15 is 0 Å². The molecule has 0 bridgehead atoms. The number of nitrogens with two attached hydrogens (primary N) is 1. The first-order valence-electron chi connectivity index (χ1n) is 5.50. The zero-order valence-electron chi connectivity index (χ0n) is 9.52. The molecular formula is C12H17N3S. The van der Waals surface area contributed by atoms with Gasteiger partial charge in [0.1, 0.15) is 0 Å². The molecule has 0 radical (unpaired) electrons. The van der Waals surface area contributed by atoms with Crippen LogP contribution in [0.1, 0.15) is 5.56 Å². The predicted molar refractivity (Wildman–Crippen MR) is 72.4 cm³/mol. The molecule has 2 rings (SSSR count). The summed E-state index contributed by atoms with van der Waals surface area (Å²) in [6.45, 7) is 2.59. The number of anilines is 1. The minimum atomic E-state index is 0.701. The molecule has 0 spiro atoms. The Bertz CT molecular complexity index is 390. The molecule has 3 nitrogen and oxygen atoms in total. The minimum Gasteiger partial charge on any atom is -0.330 e. The largest absolute Gasteiger partial charge is 0.330 e. The summed E-state index contributed by atoms with van der Waals surface area (Å²) in [5.74, 6) is 0. The van der Waals surface area contributed by atoms with Crippen molar-refractivity contribution in [1.29, 1.82) is 0 Å². The van der Waals surface area contributed by atoms with Crippen LogP contribution in [0.2, 0.25) is 0 Å². The molecule has 0 aliphatic carbocycles. The highest BCUT2D eigenvalue weighted by Gasteiger charge is 2.17. The van der Waals surface area contributed by atoms with Crippen molar-refractivity contribution in [3.63, 3.8) is 0 Å². The van der Waals surface area contributed by atoms with Gasteiger partial charge in [0, 0.05) is 12.2 Å². The fraction of sp³-hybridized carbons (Fsp3) is 0.417. The fourth-order valence-corrected chi connectivity index (χ4v) is 2.52. The fourth-order valence-electron chi connectivity index (χ4n) is 1.89. The van der Waals surface area contributed by atoms with E-state index in [2.05, 4.69) is 40.4 Å². The smallest absolute Gasteiger partial charge is 0.163 e. The van der Waals surface area contributed by atoms with Crippen LogP contribution in [0.15, 0.2) is 29.3 Å². The van der Waals surface area contributed by atoms with Gasteiger partial charge in [0.05, 0.1) is 6.54 Å². The second-order valence-corrected chi connectivity index (χ2v) is 4.50. The molecule has 1 aromatic rings. The summed E-state index contributed by atoms with van der Waals surface area (Å²) < 4.78 is 0. The van der Waals surface area contributed by atoms with E-state index in [9.17, 15) is 0 Å². The summed E-state index contributed by atoms with van der Waals surface area (Å²) in [6.07, 6.45) is 3.01. The Morgan fingerprint density at radius 3 is 3.12 bits per heavy atom. The SMILES string of the molecule is CSC1=NCCN1c1cccc(CCN)c1. The Kier molecular flexibility index (Phi) is 3.85. The summed E-state index contributed by atoms with van der Waals surface area (Å²) in [7, 11) is 0. The number of aliphatic imine (C=N–C) groups is 1. The Labute approximate surface area is 101 Å². The Morgan fingerprint density at radius 2 is 2.38 bits per heavy atom. The van der Waals surface area contributed by atoms with Gasteiger partial charge in [-0.3, -0.25) is 4.99 Å². The standard InChI is InChI=1S/C12H17N3S/c1-16-12-14-7-8-15(12)11-4-2-3-10(9-11)5-6-13/h2-4,9H,5-8,13H2,1H3. The van der Waals surface area contributed by atoms with Crippen molar-refractivity contribution >= 4 is 22.6 Å². The molecule has 0 fully saturated rings. The van der Waals surface area contributed by atoms with Gasteiger partial charge in [0.15, 0.2) is 5.17 Å². The average molecular weight is 235 g/mol. The first-order valence-corrected chi connectivity index (χ1v) is 6.72. The van der Waals surface area contributed by atoms with E-state index in [4.69, 9.17) is 5.73 Å². The van der Waals surface area contributed by atoms with Crippen molar-refractivity contribution < 1.29 is 0 Å². The summed E-state index contributed by atoms with van der Waals surface area (Å²) in [6, 6.07) is 8.57. The molecule has 0 aromatic heterocycles. The maximum absolute atomic E-state index is 5.58. The average Bonchev–Trinajstić information content (AvgIpc) is 2.78. The molecule has 0 saturated heterocycles. The van der Waals surface area contributed by atoms with Gasteiger partial charge in [-0.05, 0) is 36.9 Å².